The monoisotopic (exact) mass is 695 g/mol. The van der Waals surface area contributed by atoms with Crippen LogP contribution in [0.25, 0.3) is 0 Å². The van der Waals surface area contributed by atoms with Crippen LogP contribution in [0.15, 0.2) is 78.0 Å². The number of aromatic nitrogens is 1. The van der Waals surface area contributed by atoms with Crippen molar-refractivity contribution in [1.82, 2.24) is 25.2 Å². The Morgan fingerprint density at radius 2 is 1.67 bits per heavy atom. The third kappa shape index (κ3) is 10.2. The SMILES string of the molecule is CC(C)CN(C[C@@H](O)[C@H](Cc1ccccc1)NC(=O)[C@@H](NC(=O)CNC(=O)c1cccnc1)C(C)(C)C)S(=O)(=O)c1ccc2c(c1)OCO2. The van der Waals surface area contributed by atoms with Gasteiger partial charge in [0.15, 0.2) is 11.5 Å². The van der Waals surface area contributed by atoms with Gasteiger partial charge < -0.3 is 30.5 Å². The van der Waals surface area contributed by atoms with Gasteiger partial charge in [0.25, 0.3) is 5.91 Å². The number of benzene rings is 2. The number of fused-ring (bicyclic) bond motifs is 1. The van der Waals surface area contributed by atoms with E-state index < -0.39 is 51.3 Å². The van der Waals surface area contributed by atoms with E-state index in [2.05, 4.69) is 20.9 Å². The molecule has 13 nitrogen and oxygen atoms in total. The van der Waals surface area contributed by atoms with Crippen molar-refractivity contribution in [1.29, 1.82) is 0 Å². The molecule has 4 N–H and O–H groups in total. The Labute approximate surface area is 287 Å². The number of nitrogens with one attached hydrogen (secondary N) is 3. The highest BCUT2D eigenvalue weighted by Crippen LogP contribution is 2.35. The molecule has 1 aliphatic rings. The van der Waals surface area contributed by atoms with Gasteiger partial charge in [0.1, 0.15) is 6.04 Å². The fourth-order valence-corrected chi connectivity index (χ4v) is 6.90. The molecule has 0 unspecified atom stereocenters. The molecule has 1 aliphatic heterocycles. The average molecular weight is 696 g/mol. The Kier molecular flexibility index (Phi) is 12.4. The molecular weight excluding hydrogens is 650 g/mol. The molecule has 0 fully saturated rings. The number of amides is 3. The van der Waals surface area contributed by atoms with Crippen molar-refractivity contribution >= 4 is 27.7 Å². The van der Waals surface area contributed by atoms with E-state index >= 15 is 0 Å². The molecule has 264 valence electrons. The number of hydrogen-bond acceptors (Lipinski definition) is 9. The summed E-state index contributed by atoms with van der Waals surface area (Å²) in [6.07, 6.45) is 1.73. The number of nitrogens with zero attached hydrogens (tertiary/aromatic N) is 2. The fraction of sp³-hybridized carbons (Fsp3) is 0.429. The van der Waals surface area contributed by atoms with Crippen molar-refractivity contribution in [2.45, 2.75) is 64.1 Å². The lowest BCUT2D eigenvalue weighted by molar-refractivity contribution is -0.132. The first-order valence-electron chi connectivity index (χ1n) is 16.0. The Balaban J connectivity index is 1.53. The molecule has 1 aromatic heterocycles. The van der Waals surface area contributed by atoms with Crippen molar-refractivity contribution in [2.75, 3.05) is 26.4 Å². The molecule has 0 spiro atoms. The molecule has 0 saturated carbocycles. The summed E-state index contributed by atoms with van der Waals surface area (Å²) in [5, 5.41) is 19.8. The van der Waals surface area contributed by atoms with Gasteiger partial charge in [0.05, 0.1) is 29.1 Å². The van der Waals surface area contributed by atoms with E-state index in [0.717, 1.165) is 5.56 Å². The van der Waals surface area contributed by atoms with E-state index in [4.69, 9.17) is 9.47 Å². The van der Waals surface area contributed by atoms with Crippen LogP contribution in [0.2, 0.25) is 0 Å². The number of pyridine rings is 1. The molecule has 0 radical (unpaired) electrons. The van der Waals surface area contributed by atoms with Crippen LogP contribution in [0.4, 0.5) is 0 Å². The maximum atomic E-state index is 13.9. The molecule has 2 heterocycles. The van der Waals surface area contributed by atoms with Gasteiger partial charge in [0.2, 0.25) is 28.6 Å². The van der Waals surface area contributed by atoms with Crippen LogP contribution in [0.3, 0.4) is 0 Å². The van der Waals surface area contributed by atoms with E-state index in [-0.39, 0.29) is 49.2 Å². The summed E-state index contributed by atoms with van der Waals surface area (Å²) in [6, 6.07) is 14.7. The zero-order chi connectivity index (χ0) is 35.8. The number of carbonyl (C=O) groups is 3. The largest absolute Gasteiger partial charge is 0.454 e. The van der Waals surface area contributed by atoms with Crippen molar-refractivity contribution in [3.8, 4) is 11.5 Å². The number of carbonyl (C=O) groups excluding carboxylic acids is 3. The number of aliphatic hydroxyl groups is 1. The predicted octanol–water partition coefficient (Wildman–Crippen LogP) is 2.51. The topological polar surface area (TPSA) is 176 Å². The first-order chi connectivity index (χ1) is 23.1. The Morgan fingerprint density at radius 3 is 2.33 bits per heavy atom. The molecule has 0 bridgehead atoms. The maximum Gasteiger partial charge on any atom is 0.253 e. The minimum Gasteiger partial charge on any atom is -0.454 e. The second kappa shape index (κ2) is 16.2. The zero-order valence-corrected chi connectivity index (χ0v) is 29.2. The van der Waals surface area contributed by atoms with Crippen LogP contribution >= 0.6 is 0 Å². The summed E-state index contributed by atoms with van der Waals surface area (Å²) in [6.45, 7) is 8.45. The van der Waals surface area contributed by atoms with Gasteiger partial charge in [-0.2, -0.15) is 4.31 Å². The number of hydrogen-bond donors (Lipinski definition) is 4. The molecular formula is C35H45N5O8S. The van der Waals surface area contributed by atoms with Gasteiger partial charge in [0, 0.05) is 31.5 Å². The van der Waals surface area contributed by atoms with Crippen molar-refractivity contribution in [3.63, 3.8) is 0 Å². The van der Waals surface area contributed by atoms with Crippen LogP contribution in [-0.2, 0) is 26.0 Å². The first kappa shape index (κ1) is 37.3. The second-order valence-electron chi connectivity index (χ2n) is 13.4. The van der Waals surface area contributed by atoms with Crippen LogP contribution in [0.1, 0.15) is 50.5 Å². The third-order valence-electron chi connectivity index (χ3n) is 7.80. The zero-order valence-electron chi connectivity index (χ0n) is 28.4. The quantitative estimate of drug-likeness (QED) is 0.186. The minimum absolute atomic E-state index is 0.00975. The summed E-state index contributed by atoms with van der Waals surface area (Å²) in [5.74, 6) is -0.993. The van der Waals surface area contributed by atoms with Gasteiger partial charge in [-0.3, -0.25) is 19.4 Å². The highest BCUT2D eigenvalue weighted by atomic mass is 32.2. The van der Waals surface area contributed by atoms with E-state index in [1.165, 1.54) is 34.9 Å². The maximum absolute atomic E-state index is 13.9. The predicted molar refractivity (Wildman–Crippen MR) is 182 cm³/mol. The number of sulfonamides is 1. The summed E-state index contributed by atoms with van der Waals surface area (Å²) in [4.78, 5) is 43.2. The Hall–Kier alpha value is -4.53. The average Bonchev–Trinajstić information content (AvgIpc) is 3.54. The smallest absolute Gasteiger partial charge is 0.253 e. The highest BCUT2D eigenvalue weighted by Gasteiger charge is 2.37. The van der Waals surface area contributed by atoms with Gasteiger partial charge >= 0.3 is 0 Å². The van der Waals surface area contributed by atoms with E-state index in [9.17, 15) is 27.9 Å². The van der Waals surface area contributed by atoms with E-state index in [1.54, 1.807) is 32.9 Å². The van der Waals surface area contributed by atoms with Crippen LogP contribution < -0.4 is 25.4 Å². The fourth-order valence-electron chi connectivity index (χ4n) is 5.26. The first-order valence-corrected chi connectivity index (χ1v) is 17.5. The highest BCUT2D eigenvalue weighted by molar-refractivity contribution is 7.89. The number of rotatable bonds is 15. The van der Waals surface area contributed by atoms with Gasteiger partial charge in [-0.1, -0.05) is 65.0 Å². The van der Waals surface area contributed by atoms with E-state index in [0.29, 0.717) is 11.5 Å². The van der Waals surface area contributed by atoms with Crippen molar-refractivity contribution in [2.24, 2.45) is 11.3 Å². The molecule has 3 amide bonds. The Bertz CT molecular complexity index is 1700. The molecule has 4 rings (SSSR count). The lowest BCUT2D eigenvalue weighted by Crippen LogP contribution is -2.59. The number of ether oxygens (including phenoxy) is 2. The standard InChI is InChI=1S/C35H45N5O8S/c1-23(2)20-40(49(45,46)26-13-14-29-30(17-26)48-22-47-29)21-28(41)27(16-24-10-7-6-8-11-24)38-34(44)32(35(3,4)5)39-31(42)19-37-33(43)25-12-9-15-36-18-25/h6-15,17-18,23,27-28,32,41H,16,19-22H2,1-5H3,(H,37,43)(H,38,44)(H,39,42)/t27-,28+,32+/m0/s1. The molecule has 2 aromatic carbocycles. The lowest BCUT2D eigenvalue weighted by Gasteiger charge is -2.34. The molecule has 14 heteroatoms. The summed E-state index contributed by atoms with van der Waals surface area (Å²) in [5.41, 5.74) is 0.308. The van der Waals surface area contributed by atoms with Gasteiger partial charge in [-0.15, -0.1) is 0 Å². The normalized spacial score (nSPS) is 14.6. The van der Waals surface area contributed by atoms with Gasteiger partial charge in [-0.25, -0.2) is 8.42 Å². The lowest BCUT2D eigenvalue weighted by atomic mass is 9.85. The van der Waals surface area contributed by atoms with Crippen molar-refractivity contribution in [3.05, 3.63) is 84.2 Å². The van der Waals surface area contributed by atoms with Crippen LogP contribution in [0, 0.1) is 11.3 Å². The molecule has 3 aromatic rings. The second-order valence-corrected chi connectivity index (χ2v) is 15.3. The number of aliphatic hydroxyl groups excluding tert-OH is 1. The van der Waals surface area contributed by atoms with Crippen molar-refractivity contribution < 1.29 is 37.4 Å². The summed E-state index contributed by atoms with van der Waals surface area (Å²) >= 11 is 0. The minimum atomic E-state index is -4.11. The van der Waals surface area contributed by atoms with Crippen LogP contribution in [0.5, 0.6) is 11.5 Å². The molecule has 0 saturated heterocycles. The van der Waals surface area contributed by atoms with Crippen LogP contribution in [-0.4, -0.2) is 85.1 Å². The van der Waals surface area contributed by atoms with Gasteiger partial charge in [-0.05, 0) is 47.6 Å². The summed E-state index contributed by atoms with van der Waals surface area (Å²) < 4.78 is 39.8. The molecule has 0 aliphatic carbocycles. The Morgan fingerprint density at radius 1 is 0.959 bits per heavy atom. The molecule has 3 atom stereocenters. The summed E-state index contributed by atoms with van der Waals surface area (Å²) in [7, 11) is -4.11. The molecule has 49 heavy (non-hydrogen) atoms. The van der Waals surface area contributed by atoms with E-state index in [1.807, 2.05) is 44.2 Å². The third-order valence-corrected chi connectivity index (χ3v) is 9.63.